The molecule has 0 spiro atoms. The standard InChI is InChI=1S/C19H28N2O2/c1-14(19(22)20-17-9-5-6-10-18(17)23-2)21-12-11-15-7-3-4-8-16(15)13-21/h5-6,9-10,14-16H,3-4,7-8,11-13H2,1-2H3,(H,20,22)/p+1/t14-,15+,16-/m1/s1. The van der Waals surface area contributed by atoms with Crippen LogP contribution >= 0.6 is 0 Å². The lowest BCUT2D eigenvalue weighted by molar-refractivity contribution is -0.924. The van der Waals surface area contributed by atoms with Crippen LogP contribution in [0.15, 0.2) is 24.3 Å². The van der Waals surface area contributed by atoms with Crippen molar-refractivity contribution in [3.63, 3.8) is 0 Å². The highest BCUT2D eigenvalue weighted by Gasteiger charge is 2.37. The number of fused-ring (bicyclic) bond motifs is 1. The van der Waals surface area contributed by atoms with Gasteiger partial charge in [-0.05, 0) is 44.2 Å². The molecule has 1 saturated carbocycles. The summed E-state index contributed by atoms with van der Waals surface area (Å²) in [7, 11) is 1.63. The van der Waals surface area contributed by atoms with Gasteiger partial charge in [0.25, 0.3) is 5.91 Å². The number of nitrogens with one attached hydrogen (secondary N) is 2. The van der Waals surface area contributed by atoms with E-state index in [1.807, 2.05) is 24.3 Å². The lowest BCUT2D eigenvalue weighted by Gasteiger charge is -2.40. The summed E-state index contributed by atoms with van der Waals surface area (Å²) < 4.78 is 5.32. The van der Waals surface area contributed by atoms with E-state index in [1.54, 1.807) is 7.11 Å². The van der Waals surface area contributed by atoms with Crippen LogP contribution in [0.4, 0.5) is 5.69 Å². The Morgan fingerprint density at radius 1 is 1.22 bits per heavy atom. The predicted octanol–water partition coefficient (Wildman–Crippen LogP) is 2.12. The van der Waals surface area contributed by atoms with Crippen LogP contribution in [0, 0.1) is 11.8 Å². The molecule has 0 aromatic heterocycles. The van der Waals surface area contributed by atoms with Crippen molar-refractivity contribution in [2.45, 2.75) is 45.1 Å². The summed E-state index contributed by atoms with van der Waals surface area (Å²) in [6, 6.07) is 7.59. The zero-order valence-electron chi connectivity index (χ0n) is 14.3. The summed E-state index contributed by atoms with van der Waals surface area (Å²) >= 11 is 0. The van der Waals surface area contributed by atoms with Crippen molar-refractivity contribution in [2.24, 2.45) is 11.8 Å². The number of carbonyl (C=O) groups is 1. The summed E-state index contributed by atoms with van der Waals surface area (Å²) in [5, 5.41) is 3.05. The van der Waals surface area contributed by atoms with E-state index in [-0.39, 0.29) is 11.9 Å². The van der Waals surface area contributed by atoms with Gasteiger partial charge in [0, 0.05) is 5.92 Å². The Balaban J connectivity index is 1.61. The van der Waals surface area contributed by atoms with Crippen molar-refractivity contribution < 1.29 is 14.4 Å². The van der Waals surface area contributed by atoms with Gasteiger partial charge < -0.3 is 15.0 Å². The number of benzene rings is 1. The molecule has 1 aromatic carbocycles. The van der Waals surface area contributed by atoms with Crippen LogP contribution in [-0.2, 0) is 4.79 Å². The third kappa shape index (κ3) is 3.69. The number of rotatable bonds is 4. The number of ether oxygens (including phenoxy) is 1. The molecule has 2 aliphatic rings. The van der Waals surface area contributed by atoms with Crippen molar-refractivity contribution in [3.8, 4) is 5.75 Å². The highest BCUT2D eigenvalue weighted by molar-refractivity contribution is 5.94. The summed E-state index contributed by atoms with van der Waals surface area (Å²) in [5.41, 5.74) is 0.763. The van der Waals surface area contributed by atoms with Gasteiger partial charge in [-0.15, -0.1) is 0 Å². The molecule has 23 heavy (non-hydrogen) atoms. The van der Waals surface area contributed by atoms with Crippen LogP contribution in [0.2, 0.25) is 0 Å². The van der Waals surface area contributed by atoms with Gasteiger partial charge in [0.15, 0.2) is 6.04 Å². The van der Waals surface area contributed by atoms with E-state index < -0.39 is 0 Å². The van der Waals surface area contributed by atoms with E-state index in [0.29, 0.717) is 5.75 Å². The fourth-order valence-electron chi connectivity index (χ4n) is 4.31. The maximum Gasteiger partial charge on any atom is 0.282 e. The number of hydrogen-bond donors (Lipinski definition) is 2. The molecule has 2 fully saturated rings. The van der Waals surface area contributed by atoms with Gasteiger partial charge in [-0.2, -0.15) is 0 Å². The zero-order chi connectivity index (χ0) is 16.2. The fraction of sp³-hybridized carbons (Fsp3) is 0.632. The Bertz CT molecular complexity index is 546. The highest BCUT2D eigenvalue weighted by atomic mass is 16.5. The Kier molecular flexibility index (Phi) is 5.21. The minimum absolute atomic E-state index is 0.0113. The normalized spacial score (nSPS) is 28.5. The first-order valence-corrected chi connectivity index (χ1v) is 8.97. The number of likely N-dealkylation sites (tertiary alicyclic amines) is 1. The van der Waals surface area contributed by atoms with Crippen LogP contribution in [0.1, 0.15) is 39.0 Å². The Hall–Kier alpha value is -1.55. The Morgan fingerprint density at radius 2 is 1.96 bits per heavy atom. The predicted molar refractivity (Wildman–Crippen MR) is 91.8 cm³/mol. The maximum atomic E-state index is 12.7. The van der Waals surface area contributed by atoms with Crippen molar-refractivity contribution in [3.05, 3.63) is 24.3 Å². The zero-order valence-corrected chi connectivity index (χ0v) is 14.3. The summed E-state index contributed by atoms with van der Waals surface area (Å²) in [6.45, 7) is 4.34. The smallest absolute Gasteiger partial charge is 0.282 e. The molecule has 1 aliphatic carbocycles. The molecule has 3 rings (SSSR count). The minimum Gasteiger partial charge on any atom is -0.495 e. The molecule has 4 heteroatoms. The SMILES string of the molecule is COc1ccccc1NC(=O)[C@@H](C)[NH+]1CC[C@@H]2CCCC[C@@H]2C1. The summed E-state index contributed by atoms with van der Waals surface area (Å²) in [4.78, 5) is 14.1. The molecule has 1 unspecified atom stereocenters. The van der Waals surface area contributed by atoms with Crippen LogP contribution in [0.25, 0.3) is 0 Å². The minimum atomic E-state index is -0.0113. The van der Waals surface area contributed by atoms with Crippen molar-refractivity contribution in [1.29, 1.82) is 0 Å². The third-order valence-corrected chi connectivity index (χ3v) is 5.80. The van der Waals surface area contributed by atoms with Gasteiger partial charge in [0.2, 0.25) is 0 Å². The second-order valence-corrected chi connectivity index (χ2v) is 7.12. The van der Waals surface area contributed by atoms with E-state index in [9.17, 15) is 4.79 Å². The van der Waals surface area contributed by atoms with E-state index in [1.165, 1.54) is 37.0 Å². The highest BCUT2D eigenvalue weighted by Crippen LogP contribution is 2.32. The average molecular weight is 317 g/mol. The van der Waals surface area contributed by atoms with E-state index in [4.69, 9.17) is 4.74 Å². The molecule has 1 aromatic rings. The summed E-state index contributed by atoms with van der Waals surface area (Å²) in [6.07, 6.45) is 6.82. The monoisotopic (exact) mass is 317 g/mol. The van der Waals surface area contributed by atoms with Gasteiger partial charge in [0.05, 0.1) is 25.9 Å². The van der Waals surface area contributed by atoms with Gasteiger partial charge in [-0.3, -0.25) is 4.79 Å². The number of quaternary nitrogens is 1. The van der Waals surface area contributed by atoms with Crippen LogP contribution in [0.3, 0.4) is 0 Å². The molecular weight excluding hydrogens is 288 g/mol. The molecule has 1 saturated heterocycles. The fourth-order valence-corrected chi connectivity index (χ4v) is 4.31. The number of methoxy groups -OCH3 is 1. The van der Waals surface area contributed by atoms with E-state index in [0.717, 1.165) is 30.6 Å². The molecule has 126 valence electrons. The average Bonchev–Trinajstić information content (AvgIpc) is 2.61. The number of piperidine rings is 1. The van der Waals surface area contributed by atoms with Gasteiger partial charge in [-0.25, -0.2) is 0 Å². The molecule has 0 bridgehead atoms. The van der Waals surface area contributed by atoms with Gasteiger partial charge in [0.1, 0.15) is 5.75 Å². The van der Waals surface area contributed by atoms with Crippen LogP contribution < -0.4 is 15.0 Å². The maximum absolute atomic E-state index is 12.7. The van der Waals surface area contributed by atoms with Crippen molar-refractivity contribution >= 4 is 11.6 Å². The lowest BCUT2D eigenvalue weighted by Crippen LogP contribution is -3.18. The summed E-state index contributed by atoms with van der Waals surface area (Å²) in [5.74, 6) is 2.55. The van der Waals surface area contributed by atoms with Crippen LogP contribution in [0.5, 0.6) is 5.75 Å². The Morgan fingerprint density at radius 3 is 2.74 bits per heavy atom. The number of hydrogen-bond acceptors (Lipinski definition) is 2. The molecule has 2 N–H and O–H groups in total. The number of anilines is 1. The number of carbonyl (C=O) groups excluding carboxylic acids is 1. The number of amides is 1. The largest absolute Gasteiger partial charge is 0.495 e. The second-order valence-electron chi connectivity index (χ2n) is 7.12. The molecule has 4 atom stereocenters. The molecule has 0 radical (unpaired) electrons. The first-order valence-electron chi connectivity index (χ1n) is 8.97. The van der Waals surface area contributed by atoms with E-state index in [2.05, 4.69) is 12.2 Å². The van der Waals surface area contributed by atoms with Crippen molar-refractivity contribution in [2.75, 3.05) is 25.5 Å². The van der Waals surface area contributed by atoms with Gasteiger partial charge >= 0.3 is 0 Å². The Labute approximate surface area is 139 Å². The molecular formula is C19H29N2O2+. The van der Waals surface area contributed by atoms with Gasteiger partial charge in [-0.1, -0.05) is 25.0 Å². The first-order chi connectivity index (χ1) is 11.2. The topological polar surface area (TPSA) is 42.8 Å². The number of para-hydroxylation sites is 2. The molecule has 4 nitrogen and oxygen atoms in total. The molecule has 1 amide bonds. The quantitative estimate of drug-likeness (QED) is 0.893. The lowest BCUT2D eigenvalue weighted by atomic mass is 9.75. The van der Waals surface area contributed by atoms with E-state index >= 15 is 0 Å². The van der Waals surface area contributed by atoms with Crippen molar-refractivity contribution in [1.82, 2.24) is 0 Å². The molecule has 1 heterocycles. The van der Waals surface area contributed by atoms with Crippen LogP contribution in [-0.4, -0.2) is 32.1 Å². The first kappa shape index (κ1) is 16.3. The third-order valence-electron chi connectivity index (χ3n) is 5.80. The molecule has 1 aliphatic heterocycles. The second kappa shape index (κ2) is 7.35.